The van der Waals surface area contributed by atoms with Crippen molar-refractivity contribution in [3.05, 3.63) is 62.9 Å². The van der Waals surface area contributed by atoms with Crippen LogP contribution in [0, 0.1) is 15.9 Å². The minimum absolute atomic E-state index is 0.0240. The molecule has 136 valence electrons. The van der Waals surface area contributed by atoms with Gasteiger partial charge in [-0.2, -0.15) is 4.99 Å². The van der Waals surface area contributed by atoms with E-state index in [4.69, 9.17) is 21.1 Å². The number of carbonyl (C=O) groups is 1. The third-order valence-corrected chi connectivity index (χ3v) is 3.42. The molecule has 1 N–H and O–H groups in total. The van der Waals surface area contributed by atoms with E-state index in [0.717, 1.165) is 12.1 Å². The molecule has 0 aliphatic heterocycles. The van der Waals surface area contributed by atoms with E-state index in [1.54, 1.807) is 0 Å². The van der Waals surface area contributed by atoms with Crippen LogP contribution in [0.15, 0.2) is 41.4 Å². The van der Waals surface area contributed by atoms with E-state index in [1.165, 1.54) is 38.4 Å². The lowest BCUT2D eigenvalue weighted by atomic mass is 10.1. The predicted octanol–water partition coefficient (Wildman–Crippen LogP) is 3.91. The molecule has 0 saturated heterocycles. The van der Waals surface area contributed by atoms with Crippen molar-refractivity contribution in [2.45, 2.75) is 0 Å². The lowest BCUT2D eigenvalue weighted by molar-refractivity contribution is -0.385. The molecule has 0 saturated carbocycles. The third kappa shape index (κ3) is 4.45. The summed E-state index contributed by atoms with van der Waals surface area (Å²) in [5, 5.41) is 13.5. The molecule has 2 aromatic rings. The normalized spacial score (nSPS) is 11.0. The van der Waals surface area contributed by atoms with Gasteiger partial charge in [0.1, 0.15) is 22.9 Å². The highest BCUT2D eigenvalue weighted by molar-refractivity contribution is 6.32. The van der Waals surface area contributed by atoms with E-state index in [0.29, 0.717) is 0 Å². The number of benzene rings is 2. The molecule has 10 heteroatoms. The fourth-order valence-electron chi connectivity index (χ4n) is 1.96. The molecule has 0 aliphatic rings. The SMILES string of the molecule is CNC(=O)N=C(OC)c1cc(Oc2ccc(F)cc2Cl)ccc1[N+](=O)[O-]. The summed E-state index contributed by atoms with van der Waals surface area (Å²) in [5.74, 6) is -0.506. The number of aliphatic imine (C=N–C) groups is 1. The van der Waals surface area contributed by atoms with Gasteiger partial charge in [-0.25, -0.2) is 9.18 Å². The van der Waals surface area contributed by atoms with Gasteiger partial charge in [-0.05, 0) is 24.3 Å². The molecule has 2 rings (SSSR count). The maximum absolute atomic E-state index is 13.1. The van der Waals surface area contributed by atoms with Gasteiger partial charge in [0.05, 0.1) is 17.1 Å². The van der Waals surface area contributed by atoms with Gasteiger partial charge in [0.15, 0.2) is 0 Å². The van der Waals surface area contributed by atoms with Crippen LogP contribution in [0.2, 0.25) is 5.02 Å². The number of nitrogens with zero attached hydrogens (tertiary/aromatic N) is 2. The molecule has 0 heterocycles. The Morgan fingerprint density at radius 3 is 2.62 bits per heavy atom. The first-order valence-corrected chi connectivity index (χ1v) is 7.49. The molecular weight excluding hydrogens is 369 g/mol. The van der Waals surface area contributed by atoms with E-state index in [1.807, 2.05) is 0 Å². The number of hydrogen-bond acceptors (Lipinski definition) is 5. The van der Waals surface area contributed by atoms with Crippen LogP contribution in [-0.2, 0) is 4.74 Å². The van der Waals surface area contributed by atoms with Crippen LogP contribution in [0.4, 0.5) is 14.9 Å². The maximum atomic E-state index is 13.1. The smallest absolute Gasteiger partial charge is 0.343 e. The maximum Gasteiger partial charge on any atom is 0.343 e. The average Bonchev–Trinajstić information content (AvgIpc) is 2.61. The number of rotatable bonds is 4. The molecule has 0 bridgehead atoms. The Kier molecular flexibility index (Phi) is 6.07. The van der Waals surface area contributed by atoms with Gasteiger partial charge in [0.25, 0.3) is 5.69 Å². The highest BCUT2D eigenvalue weighted by atomic mass is 35.5. The molecule has 0 radical (unpaired) electrons. The Hall–Kier alpha value is -3.20. The zero-order valence-electron chi connectivity index (χ0n) is 13.7. The third-order valence-electron chi connectivity index (χ3n) is 3.13. The minimum Gasteiger partial charge on any atom is -0.480 e. The van der Waals surface area contributed by atoms with Crippen LogP contribution in [0.1, 0.15) is 5.56 Å². The van der Waals surface area contributed by atoms with Crippen molar-refractivity contribution in [2.24, 2.45) is 4.99 Å². The summed E-state index contributed by atoms with van der Waals surface area (Å²) in [5.41, 5.74) is -0.413. The second-order valence-corrected chi connectivity index (χ2v) is 5.20. The Morgan fingerprint density at radius 2 is 2.04 bits per heavy atom. The summed E-state index contributed by atoms with van der Waals surface area (Å²) in [6, 6.07) is 6.55. The average molecular weight is 382 g/mol. The van der Waals surface area contributed by atoms with E-state index in [-0.39, 0.29) is 33.7 Å². The first kappa shape index (κ1) is 19.1. The Morgan fingerprint density at radius 1 is 1.31 bits per heavy atom. The standard InChI is InChI=1S/C16H13ClFN3O5/c1-19-16(22)20-15(25-2)11-8-10(4-5-13(11)21(23)24)26-14-6-3-9(18)7-12(14)17/h3-8H,1-2H3,(H,19,22). The number of carbonyl (C=O) groups excluding carboxylic acids is 1. The molecule has 0 atom stereocenters. The number of nitro benzene ring substituents is 1. The van der Waals surface area contributed by atoms with Gasteiger partial charge >= 0.3 is 6.03 Å². The fraction of sp³-hybridized carbons (Fsp3) is 0.125. The van der Waals surface area contributed by atoms with E-state index in [2.05, 4.69) is 10.3 Å². The molecule has 8 nitrogen and oxygen atoms in total. The highest BCUT2D eigenvalue weighted by Gasteiger charge is 2.22. The van der Waals surface area contributed by atoms with E-state index >= 15 is 0 Å². The van der Waals surface area contributed by atoms with Crippen LogP contribution in [0.25, 0.3) is 0 Å². The highest BCUT2D eigenvalue weighted by Crippen LogP contribution is 2.32. The first-order chi connectivity index (χ1) is 12.3. The van der Waals surface area contributed by atoms with E-state index in [9.17, 15) is 19.3 Å². The van der Waals surface area contributed by atoms with Crippen LogP contribution in [0.3, 0.4) is 0 Å². The van der Waals surface area contributed by atoms with Gasteiger partial charge in [-0.15, -0.1) is 0 Å². The van der Waals surface area contributed by atoms with Crippen molar-refractivity contribution in [1.82, 2.24) is 5.32 Å². The van der Waals surface area contributed by atoms with Crippen molar-refractivity contribution in [2.75, 3.05) is 14.2 Å². The molecule has 0 aromatic heterocycles. The number of urea groups is 1. The topological polar surface area (TPSA) is 103 Å². The monoisotopic (exact) mass is 381 g/mol. The zero-order chi connectivity index (χ0) is 19.3. The van der Waals surface area contributed by atoms with Gasteiger partial charge < -0.3 is 14.8 Å². The zero-order valence-corrected chi connectivity index (χ0v) is 14.4. The van der Waals surface area contributed by atoms with Crippen LogP contribution >= 0.6 is 11.6 Å². The summed E-state index contributed by atoms with van der Waals surface area (Å²) < 4.78 is 23.6. The second kappa shape index (κ2) is 8.26. The quantitative estimate of drug-likeness (QED) is 0.374. The molecule has 0 spiro atoms. The van der Waals surface area contributed by atoms with Crippen LogP contribution in [-0.4, -0.2) is 31.0 Å². The molecule has 2 aromatic carbocycles. The molecule has 0 aliphatic carbocycles. The van der Waals surface area contributed by atoms with Crippen LogP contribution in [0.5, 0.6) is 11.5 Å². The van der Waals surface area contributed by atoms with Gasteiger partial charge in [0.2, 0.25) is 5.90 Å². The second-order valence-electron chi connectivity index (χ2n) is 4.79. The van der Waals surface area contributed by atoms with Gasteiger partial charge in [-0.3, -0.25) is 10.1 Å². The summed E-state index contributed by atoms with van der Waals surface area (Å²) in [4.78, 5) is 25.7. The number of halogens is 2. The van der Waals surface area contributed by atoms with Gasteiger partial charge in [-0.1, -0.05) is 11.6 Å². The minimum atomic E-state index is -0.746. The van der Waals surface area contributed by atoms with Crippen LogP contribution < -0.4 is 10.1 Å². The van der Waals surface area contributed by atoms with Gasteiger partial charge in [0, 0.05) is 19.2 Å². The largest absolute Gasteiger partial charge is 0.480 e. The van der Waals surface area contributed by atoms with Crippen molar-refractivity contribution >= 4 is 29.2 Å². The number of nitrogens with one attached hydrogen (secondary N) is 1. The molecule has 2 amide bonds. The Balaban J connectivity index is 2.49. The lowest BCUT2D eigenvalue weighted by Gasteiger charge is -2.10. The van der Waals surface area contributed by atoms with Crippen molar-refractivity contribution in [1.29, 1.82) is 0 Å². The summed E-state index contributed by atoms with van der Waals surface area (Å²) in [7, 11) is 2.57. The number of methoxy groups -OCH3 is 1. The summed E-state index contributed by atoms with van der Waals surface area (Å²) in [6.07, 6.45) is 0. The predicted molar refractivity (Wildman–Crippen MR) is 92.6 cm³/mol. The Labute approximate surface area is 152 Å². The van der Waals surface area contributed by atoms with Crippen molar-refractivity contribution < 1.29 is 23.6 Å². The Bertz CT molecular complexity index is 888. The number of nitro groups is 1. The number of hydrogen-bond donors (Lipinski definition) is 1. The van der Waals surface area contributed by atoms with E-state index < -0.39 is 16.8 Å². The molecular formula is C16H13ClFN3O5. The fourth-order valence-corrected chi connectivity index (χ4v) is 2.16. The summed E-state index contributed by atoms with van der Waals surface area (Å²) >= 11 is 5.90. The molecule has 26 heavy (non-hydrogen) atoms. The van der Waals surface area contributed by atoms with Crippen molar-refractivity contribution in [3.63, 3.8) is 0 Å². The first-order valence-electron chi connectivity index (χ1n) is 7.11. The lowest BCUT2D eigenvalue weighted by Crippen LogP contribution is -2.17. The molecule has 0 fully saturated rings. The summed E-state index contributed by atoms with van der Waals surface area (Å²) in [6.45, 7) is 0. The number of ether oxygens (including phenoxy) is 2. The molecule has 0 unspecified atom stereocenters. The number of amides is 2. The van der Waals surface area contributed by atoms with Crippen molar-refractivity contribution in [3.8, 4) is 11.5 Å².